The minimum Gasteiger partial charge on any atom is -0.271 e. The molecule has 5 heteroatoms. The van der Waals surface area contributed by atoms with Gasteiger partial charge in [-0.25, -0.2) is 4.98 Å². The average Bonchev–Trinajstić information content (AvgIpc) is 2.96. The Balaban J connectivity index is 2.03. The number of rotatable bonds is 6. The second kappa shape index (κ2) is 6.29. The predicted molar refractivity (Wildman–Crippen MR) is 71.6 cm³/mol. The summed E-state index contributed by atoms with van der Waals surface area (Å²) in [6, 6.07) is 0.322. The molecule has 0 aliphatic heterocycles. The number of hydrazine groups is 1. The molecule has 0 radical (unpaired) electrons. The largest absolute Gasteiger partial charge is 0.271 e. The lowest BCUT2D eigenvalue weighted by Crippen LogP contribution is -2.44. The van der Waals surface area contributed by atoms with Crippen molar-refractivity contribution in [3.8, 4) is 0 Å². The van der Waals surface area contributed by atoms with Gasteiger partial charge in [0.25, 0.3) is 0 Å². The third-order valence-electron chi connectivity index (χ3n) is 4.19. The molecule has 3 atom stereocenters. The lowest BCUT2D eigenvalue weighted by Gasteiger charge is -2.26. The molecular weight excluding hydrogens is 226 g/mol. The van der Waals surface area contributed by atoms with E-state index in [2.05, 4.69) is 29.4 Å². The van der Waals surface area contributed by atoms with E-state index < -0.39 is 0 Å². The van der Waals surface area contributed by atoms with Gasteiger partial charge in [0.1, 0.15) is 12.2 Å². The highest BCUT2D eigenvalue weighted by molar-refractivity contribution is 4.94. The van der Waals surface area contributed by atoms with Crippen molar-refractivity contribution < 1.29 is 0 Å². The average molecular weight is 251 g/mol. The van der Waals surface area contributed by atoms with Gasteiger partial charge in [0, 0.05) is 19.0 Å². The molecule has 18 heavy (non-hydrogen) atoms. The van der Waals surface area contributed by atoms with Gasteiger partial charge in [-0.2, -0.15) is 5.10 Å². The zero-order valence-corrected chi connectivity index (χ0v) is 11.5. The highest BCUT2D eigenvalue weighted by Crippen LogP contribution is 2.34. The summed E-state index contributed by atoms with van der Waals surface area (Å²) < 4.78 is 2.00. The monoisotopic (exact) mass is 251 g/mol. The molecule has 1 saturated carbocycles. The Morgan fingerprint density at radius 3 is 3.00 bits per heavy atom. The SMILES string of the molecule is CCCn1ncnc1CC(NN)C1CCCC1C. The second-order valence-corrected chi connectivity index (χ2v) is 5.45. The molecule has 3 unspecified atom stereocenters. The van der Waals surface area contributed by atoms with Crippen molar-refractivity contribution in [3.05, 3.63) is 12.2 Å². The topological polar surface area (TPSA) is 68.8 Å². The van der Waals surface area contributed by atoms with Crippen LogP contribution in [-0.4, -0.2) is 20.8 Å². The van der Waals surface area contributed by atoms with E-state index in [0.717, 1.165) is 31.1 Å². The Morgan fingerprint density at radius 1 is 1.56 bits per heavy atom. The van der Waals surface area contributed by atoms with Crippen LogP contribution in [-0.2, 0) is 13.0 Å². The summed E-state index contributed by atoms with van der Waals surface area (Å²) in [6.07, 6.45) is 7.53. The van der Waals surface area contributed by atoms with Crippen LogP contribution in [0.15, 0.2) is 6.33 Å². The molecule has 0 spiro atoms. The molecule has 0 bridgehead atoms. The Hall–Kier alpha value is -0.940. The van der Waals surface area contributed by atoms with Crippen LogP contribution >= 0.6 is 0 Å². The summed E-state index contributed by atoms with van der Waals surface area (Å²) in [5.41, 5.74) is 3.00. The zero-order chi connectivity index (χ0) is 13.0. The van der Waals surface area contributed by atoms with Crippen molar-refractivity contribution in [2.45, 2.75) is 58.5 Å². The number of nitrogens with zero attached hydrogens (tertiary/aromatic N) is 3. The van der Waals surface area contributed by atoms with E-state index >= 15 is 0 Å². The Morgan fingerprint density at radius 2 is 2.39 bits per heavy atom. The number of aryl methyl sites for hydroxylation is 1. The van der Waals surface area contributed by atoms with Crippen molar-refractivity contribution in [3.63, 3.8) is 0 Å². The lowest BCUT2D eigenvalue weighted by molar-refractivity contribution is 0.291. The summed E-state index contributed by atoms with van der Waals surface area (Å²) in [5.74, 6) is 8.23. The molecule has 0 amide bonds. The molecule has 1 fully saturated rings. The number of aromatic nitrogens is 3. The van der Waals surface area contributed by atoms with E-state index in [1.807, 2.05) is 4.68 Å². The van der Waals surface area contributed by atoms with Crippen LogP contribution in [0.4, 0.5) is 0 Å². The standard InChI is InChI=1S/C13H25N5/c1-3-7-18-13(15-9-16-18)8-12(17-14)11-6-4-5-10(11)2/h9-12,17H,3-8,14H2,1-2H3. The van der Waals surface area contributed by atoms with E-state index in [1.165, 1.54) is 19.3 Å². The van der Waals surface area contributed by atoms with E-state index in [1.54, 1.807) is 6.33 Å². The molecule has 1 heterocycles. The van der Waals surface area contributed by atoms with Gasteiger partial charge in [0.2, 0.25) is 0 Å². The molecule has 1 aromatic rings. The van der Waals surface area contributed by atoms with E-state index in [9.17, 15) is 0 Å². The van der Waals surface area contributed by atoms with Crippen LogP contribution < -0.4 is 11.3 Å². The first-order valence-electron chi connectivity index (χ1n) is 7.09. The van der Waals surface area contributed by atoms with Gasteiger partial charge in [-0.15, -0.1) is 0 Å². The fourth-order valence-electron chi connectivity index (χ4n) is 3.15. The lowest BCUT2D eigenvalue weighted by atomic mass is 9.88. The van der Waals surface area contributed by atoms with Crippen molar-refractivity contribution in [1.29, 1.82) is 0 Å². The van der Waals surface area contributed by atoms with Crippen molar-refractivity contribution in [2.24, 2.45) is 17.7 Å². The molecule has 1 aromatic heterocycles. The Kier molecular flexibility index (Phi) is 4.72. The molecule has 0 saturated heterocycles. The molecule has 5 nitrogen and oxygen atoms in total. The number of hydrogen-bond acceptors (Lipinski definition) is 4. The quantitative estimate of drug-likeness (QED) is 0.594. The Labute approximate surface area is 109 Å². The maximum absolute atomic E-state index is 5.75. The van der Waals surface area contributed by atoms with Gasteiger partial charge >= 0.3 is 0 Å². The highest BCUT2D eigenvalue weighted by atomic mass is 15.3. The first-order chi connectivity index (χ1) is 8.76. The van der Waals surface area contributed by atoms with Crippen molar-refractivity contribution >= 4 is 0 Å². The van der Waals surface area contributed by atoms with Crippen LogP contribution in [0.5, 0.6) is 0 Å². The number of nitrogens with two attached hydrogens (primary N) is 1. The first-order valence-corrected chi connectivity index (χ1v) is 7.09. The second-order valence-electron chi connectivity index (χ2n) is 5.45. The summed E-state index contributed by atoms with van der Waals surface area (Å²) in [6.45, 7) is 5.43. The molecule has 0 aromatic carbocycles. The van der Waals surface area contributed by atoms with Gasteiger partial charge in [-0.3, -0.25) is 16.0 Å². The van der Waals surface area contributed by atoms with Gasteiger partial charge < -0.3 is 0 Å². The maximum atomic E-state index is 5.75. The number of hydrogen-bond donors (Lipinski definition) is 2. The van der Waals surface area contributed by atoms with E-state index in [4.69, 9.17) is 5.84 Å². The van der Waals surface area contributed by atoms with Crippen molar-refractivity contribution in [1.82, 2.24) is 20.2 Å². The summed E-state index contributed by atoms with van der Waals surface area (Å²) >= 11 is 0. The molecular formula is C13H25N5. The van der Waals surface area contributed by atoms with Crippen LogP contribution in [0, 0.1) is 11.8 Å². The summed E-state index contributed by atoms with van der Waals surface area (Å²) in [4.78, 5) is 4.38. The minimum absolute atomic E-state index is 0.322. The minimum atomic E-state index is 0.322. The fourth-order valence-corrected chi connectivity index (χ4v) is 3.15. The smallest absolute Gasteiger partial charge is 0.138 e. The normalized spacial score (nSPS) is 25.5. The van der Waals surface area contributed by atoms with Gasteiger partial charge in [0.15, 0.2) is 0 Å². The molecule has 1 aliphatic rings. The first kappa shape index (κ1) is 13.5. The number of nitrogens with one attached hydrogen (secondary N) is 1. The van der Waals surface area contributed by atoms with Crippen LogP contribution in [0.3, 0.4) is 0 Å². The predicted octanol–water partition coefficient (Wildman–Crippen LogP) is 1.50. The third-order valence-corrected chi connectivity index (χ3v) is 4.19. The van der Waals surface area contributed by atoms with Crippen molar-refractivity contribution in [2.75, 3.05) is 0 Å². The molecule has 3 N–H and O–H groups in total. The van der Waals surface area contributed by atoms with Crippen LogP contribution in [0.1, 0.15) is 45.4 Å². The highest BCUT2D eigenvalue weighted by Gasteiger charge is 2.31. The zero-order valence-electron chi connectivity index (χ0n) is 11.5. The van der Waals surface area contributed by atoms with Crippen LogP contribution in [0.25, 0.3) is 0 Å². The summed E-state index contributed by atoms with van der Waals surface area (Å²) in [7, 11) is 0. The van der Waals surface area contributed by atoms with Gasteiger partial charge in [-0.1, -0.05) is 26.7 Å². The molecule has 102 valence electrons. The summed E-state index contributed by atoms with van der Waals surface area (Å²) in [5, 5.41) is 4.28. The Bertz CT molecular complexity index is 362. The maximum Gasteiger partial charge on any atom is 0.138 e. The fraction of sp³-hybridized carbons (Fsp3) is 0.846. The molecule has 2 rings (SSSR count). The van der Waals surface area contributed by atoms with Gasteiger partial charge in [-0.05, 0) is 24.7 Å². The van der Waals surface area contributed by atoms with E-state index in [0.29, 0.717) is 12.0 Å². The van der Waals surface area contributed by atoms with Gasteiger partial charge in [0.05, 0.1) is 0 Å². The van der Waals surface area contributed by atoms with Crippen LogP contribution in [0.2, 0.25) is 0 Å². The third kappa shape index (κ3) is 2.90. The molecule has 1 aliphatic carbocycles. The van der Waals surface area contributed by atoms with E-state index in [-0.39, 0.29) is 0 Å².